The standard InChI is InChI=1S/C3H7NO.C2H3ClO.C2H3N.CH4O.ClH/c1-3(4)5-2;1-2(3)4;1-2-3;1-2;/h4H,1-2H3;1H3;1H3;2H,1H3;1H. The van der Waals surface area contributed by atoms with Crippen LogP contribution in [0.3, 0.4) is 0 Å². The van der Waals surface area contributed by atoms with Gasteiger partial charge >= 0.3 is 0 Å². The first-order chi connectivity index (χ1) is 6.42. The minimum absolute atomic E-state index is 0. The van der Waals surface area contributed by atoms with Crippen molar-refractivity contribution in [3.63, 3.8) is 0 Å². The summed E-state index contributed by atoms with van der Waals surface area (Å²) in [5.74, 6) is 0.255. The zero-order valence-corrected chi connectivity index (χ0v) is 11.1. The van der Waals surface area contributed by atoms with Crippen LogP contribution in [0.1, 0.15) is 20.8 Å². The molecule has 0 aromatic rings. The van der Waals surface area contributed by atoms with Crippen molar-refractivity contribution in [2.24, 2.45) is 0 Å². The fourth-order valence-electron chi connectivity index (χ4n) is 0. The number of carbonyl (C=O) groups is 1. The summed E-state index contributed by atoms with van der Waals surface area (Å²) in [4.78, 5) is 9.21. The number of halogens is 2. The number of nitrogens with zero attached hydrogens (tertiary/aromatic N) is 1. The van der Waals surface area contributed by atoms with Crippen LogP contribution in [-0.2, 0) is 9.53 Å². The minimum Gasteiger partial charge on any atom is -0.485 e. The third-order valence-electron chi connectivity index (χ3n) is 0.306. The van der Waals surface area contributed by atoms with Crippen molar-refractivity contribution in [2.45, 2.75) is 20.8 Å². The lowest BCUT2D eigenvalue weighted by Crippen LogP contribution is -1.87. The Hall–Kier alpha value is -0.830. The molecule has 0 aliphatic heterocycles. The molecule has 92 valence electrons. The van der Waals surface area contributed by atoms with E-state index in [4.69, 9.17) is 15.8 Å². The highest BCUT2D eigenvalue weighted by atomic mass is 35.5. The van der Waals surface area contributed by atoms with Gasteiger partial charge in [-0.15, -0.1) is 12.4 Å². The van der Waals surface area contributed by atoms with Crippen molar-refractivity contribution < 1.29 is 14.6 Å². The Morgan fingerprint density at radius 1 is 1.47 bits per heavy atom. The maximum atomic E-state index is 9.21. The quantitative estimate of drug-likeness (QED) is 0.396. The third-order valence-corrected chi connectivity index (χ3v) is 0.306. The highest BCUT2D eigenvalue weighted by Gasteiger charge is 1.68. The fourth-order valence-corrected chi connectivity index (χ4v) is 0. The number of rotatable bonds is 0. The molecular formula is C8H18Cl2N2O3. The number of hydrogen-bond donors (Lipinski definition) is 2. The van der Waals surface area contributed by atoms with E-state index < -0.39 is 0 Å². The summed E-state index contributed by atoms with van der Waals surface area (Å²) >= 11 is 4.64. The Morgan fingerprint density at radius 2 is 1.53 bits per heavy atom. The third kappa shape index (κ3) is 1200. The highest BCUT2D eigenvalue weighted by Crippen LogP contribution is 1.67. The molecule has 7 heteroatoms. The van der Waals surface area contributed by atoms with Gasteiger partial charge < -0.3 is 9.84 Å². The molecular weight excluding hydrogens is 243 g/mol. The van der Waals surface area contributed by atoms with Crippen LogP contribution < -0.4 is 0 Å². The van der Waals surface area contributed by atoms with E-state index >= 15 is 0 Å². The zero-order chi connectivity index (χ0) is 12.6. The molecule has 0 saturated carbocycles. The van der Waals surface area contributed by atoms with Crippen LogP contribution >= 0.6 is 24.0 Å². The number of ether oxygens (including phenoxy) is 1. The van der Waals surface area contributed by atoms with Crippen LogP contribution in [-0.4, -0.2) is 30.5 Å². The largest absolute Gasteiger partial charge is 0.485 e. The molecule has 0 heterocycles. The second-order valence-electron chi connectivity index (χ2n) is 1.45. The zero-order valence-electron chi connectivity index (χ0n) is 9.50. The normalized spacial score (nSPS) is 4.93. The SMILES string of the molecule is CC#N.CC(=O)Cl.CO.COC(C)=N.Cl. The average Bonchev–Trinajstić information content (AvgIpc) is 2.08. The Bertz CT molecular complexity index is 166. The summed E-state index contributed by atoms with van der Waals surface area (Å²) in [6.07, 6.45) is 0. The van der Waals surface area contributed by atoms with Gasteiger partial charge in [-0.1, -0.05) is 0 Å². The first kappa shape index (κ1) is 29.2. The monoisotopic (exact) mass is 260 g/mol. The molecule has 0 aromatic carbocycles. The smallest absolute Gasteiger partial charge is 0.218 e. The van der Waals surface area contributed by atoms with Crippen LogP contribution in [0.25, 0.3) is 0 Å². The molecule has 0 rings (SSSR count). The number of methoxy groups -OCH3 is 1. The lowest BCUT2D eigenvalue weighted by molar-refractivity contribution is -0.109. The fraction of sp³-hybridized carbons (Fsp3) is 0.625. The van der Waals surface area contributed by atoms with Gasteiger partial charge in [0.25, 0.3) is 0 Å². The van der Waals surface area contributed by atoms with Crippen molar-refractivity contribution >= 4 is 35.1 Å². The van der Waals surface area contributed by atoms with Gasteiger partial charge in [0.1, 0.15) is 0 Å². The Labute approximate surface area is 102 Å². The van der Waals surface area contributed by atoms with Crippen LogP contribution in [0.4, 0.5) is 0 Å². The predicted molar refractivity (Wildman–Crippen MR) is 63.6 cm³/mol. The first-order valence-corrected chi connectivity index (χ1v) is 3.80. The van der Waals surface area contributed by atoms with E-state index in [9.17, 15) is 4.79 Å². The lowest BCUT2D eigenvalue weighted by atomic mass is 10.8. The maximum absolute atomic E-state index is 9.21. The Balaban J connectivity index is -0.0000000305. The van der Waals surface area contributed by atoms with Gasteiger partial charge in [0.15, 0.2) is 5.90 Å². The number of aliphatic hydroxyl groups is 1. The second kappa shape index (κ2) is 37.9. The Kier molecular flexibility index (Phi) is 73.9. The molecule has 0 amide bonds. The van der Waals surface area contributed by atoms with Crippen molar-refractivity contribution in [3.8, 4) is 6.07 Å². The van der Waals surface area contributed by atoms with Gasteiger partial charge in [-0.05, 0) is 11.6 Å². The van der Waals surface area contributed by atoms with Crippen LogP contribution in [0, 0.1) is 16.7 Å². The van der Waals surface area contributed by atoms with E-state index in [-0.39, 0.29) is 23.5 Å². The average molecular weight is 261 g/mol. The molecule has 15 heavy (non-hydrogen) atoms. The molecule has 0 saturated heterocycles. The topological polar surface area (TPSA) is 94.2 Å². The number of hydrogen-bond acceptors (Lipinski definition) is 5. The van der Waals surface area contributed by atoms with Gasteiger partial charge in [0.2, 0.25) is 5.24 Å². The molecule has 0 spiro atoms. The number of nitriles is 1. The highest BCUT2D eigenvalue weighted by molar-refractivity contribution is 6.62. The molecule has 0 radical (unpaired) electrons. The van der Waals surface area contributed by atoms with E-state index in [0.717, 1.165) is 7.11 Å². The predicted octanol–water partition coefficient (Wildman–Crippen LogP) is 1.96. The van der Waals surface area contributed by atoms with Gasteiger partial charge in [-0.3, -0.25) is 10.2 Å². The van der Waals surface area contributed by atoms with E-state index in [1.54, 1.807) is 13.0 Å². The van der Waals surface area contributed by atoms with Crippen molar-refractivity contribution in [1.82, 2.24) is 0 Å². The van der Waals surface area contributed by atoms with E-state index in [2.05, 4.69) is 16.3 Å². The maximum Gasteiger partial charge on any atom is 0.218 e. The summed E-state index contributed by atoms with van der Waals surface area (Å²) in [5.41, 5.74) is 0. The molecule has 0 atom stereocenters. The molecule has 0 bridgehead atoms. The second-order valence-corrected chi connectivity index (χ2v) is 1.99. The first-order valence-electron chi connectivity index (χ1n) is 3.43. The summed E-state index contributed by atoms with van der Waals surface area (Å²) in [5, 5.41) is 20.5. The molecule has 2 N–H and O–H groups in total. The van der Waals surface area contributed by atoms with Crippen molar-refractivity contribution in [3.05, 3.63) is 0 Å². The van der Waals surface area contributed by atoms with E-state index in [0.29, 0.717) is 0 Å². The number of nitrogens with one attached hydrogen (secondary N) is 1. The van der Waals surface area contributed by atoms with E-state index in [1.165, 1.54) is 21.0 Å². The van der Waals surface area contributed by atoms with Crippen molar-refractivity contribution in [1.29, 1.82) is 10.7 Å². The lowest BCUT2D eigenvalue weighted by Gasteiger charge is -1.85. The van der Waals surface area contributed by atoms with E-state index in [1.807, 2.05) is 0 Å². The summed E-state index contributed by atoms with van der Waals surface area (Å²) in [6.45, 7) is 4.31. The number of aliphatic hydroxyl groups excluding tert-OH is 1. The molecule has 0 fully saturated rings. The summed E-state index contributed by atoms with van der Waals surface area (Å²) in [6, 6.07) is 1.75. The van der Waals surface area contributed by atoms with Gasteiger partial charge in [0.05, 0.1) is 13.2 Å². The molecule has 0 unspecified atom stereocenters. The molecule has 0 aliphatic carbocycles. The van der Waals surface area contributed by atoms with Gasteiger partial charge in [-0.2, -0.15) is 5.26 Å². The van der Waals surface area contributed by atoms with Crippen LogP contribution in [0.2, 0.25) is 0 Å². The summed E-state index contributed by atoms with van der Waals surface area (Å²) < 4.78 is 4.33. The molecule has 5 nitrogen and oxygen atoms in total. The van der Waals surface area contributed by atoms with Gasteiger partial charge in [0, 0.05) is 27.9 Å². The minimum atomic E-state index is -0.361. The molecule has 0 aliphatic rings. The van der Waals surface area contributed by atoms with Crippen molar-refractivity contribution in [2.75, 3.05) is 14.2 Å². The van der Waals surface area contributed by atoms with Gasteiger partial charge in [-0.25, -0.2) is 0 Å². The number of carbonyl (C=O) groups excluding carboxylic acids is 1. The van der Waals surface area contributed by atoms with Crippen LogP contribution in [0.5, 0.6) is 0 Å². The van der Waals surface area contributed by atoms with Crippen LogP contribution in [0.15, 0.2) is 0 Å². The molecule has 0 aromatic heterocycles. The summed E-state index contributed by atoms with van der Waals surface area (Å²) in [7, 11) is 2.47. The Morgan fingerprint density at radius 3 is 1.53 bits per heavy atom.